The van der Waals surface area contributed by atoms with Crippen molar-refractivity contribution in [3.05, 3.63) is 69.2 Å². The number of aryl methyl sites for hydroxylation is 1. The van der Waals surface area contributed by atoms with Crippen LogP contribution in [0.15, 0.2) is 42.5 Å². The molecule has 0 saturated heterocycles. The molecule has 1 aliphatic carbocycles. The largest absolute Gasteiger partial charge is 0.349 e. The first-order valence-corrected chi connectivity index (χ1v) is 8.21. The van der Waals surface area contributed by atoms with Gasteiger partial charge in [-0.2, -0.15) is 0 Å². The molecule has 1 atom stereocenters. The molecule has 0 spiro atoms. The van der Waals surface area contributed by atoms with E-state index in [1.165, 1.54) is 11.1 Å². The van der Waals surface area contributed by atoms with Crippen molar-refractivity contribution in [1.29, 1.82) is 0 Å². The molecule has 2 aromatic carbocycles. The normalized spacial score (nSPS) is 16.9. The molecule has 1 aliphatic rings. The summed E-state index contributed by atoms with van der Waals surface area (Å²) >= 11 is 12.3. The van der Waals surface area contributed by atoms with Gasteiger partial charge in [0.25, 0.3) is 0 Å². The number of hydrogen-bond acceptors (Lipinski definition) is 1. The van der Waals surface area contributed by atoms with Crippen LogP contribution in [0.3, 0.4) is 0 Å². The lowest BCUT2D eigenvalue weighted by Gasteiger charge is -2.26. The van der Waals surface area contributed by atoms with Gasteiger partial charge in [-0.25, -0.2) is 0 Å². The topological polar surface area (TPSA) is 29.1 Å². The Labute approximate surface area is 140 Å². The van der Waals surface area contributed by atoms with Gasteiger partial charge in [0.15, 0.2) is 0 Å². The van der Waals surface area contributed by atoms with Gasteiger partial charge in [-0.05, 0) is 48.1 Å². The standard InChI is InChI=1S/C18H17Cl2NO/c19-15-8-4-9-16(20)14(15)11-18(22)21-17-10-3-6-12-5-1-2-7-13(12)17/h1-2,4-5,7-9,17H,3,6,10-11H2,(H,21,22). The molecule has 114 valence electrons. The van der Waals surface area contributed by atoms with Crippen LogP contribution in [0, 0.1) is 0 Å². The Morgan fingerprint density at radius 2 is 1.82 bits per heavy atom. The molecule has 1 unspecified atom stereocenters. The van der Waals surface area contributed by atoms with Gasteiger partial charge in [0.1, 0.15) is 0 Å². The lowest BCUT2D eigenvalue weighted by molar-refractivity contribution is -0.121. The Hall–Kier alpha value is -1.51. The molecule has 2 aromatic rings. The average Bonchev–Trinajstić information content (AvgIpc) is 2.51. The quantitative estimate of drug-likeness (QED) is 0.864. The van der Waals surface area contributed by atoms with E-state index in [0.717, 1.165) is 19.3 Å². The van der Waals surface area contributed by atoms with Gasteiger partial charge in [0.05, 0.1) is 12.5 Å². The van der Waals surface area contributed by atoms with Crippen molar-refractivity contribution in [3.8, 4) is 0 Å². The fraction of sp³-hybridized carbons (Fsp3) is 0.278. The summed E-state index contributed by atoms with van der Waals surface area (Å²) in [6.07, 6.45) is 3.35. The minimum Gasteiger partial charge on any atom is -0.349 e. The molecule has 4 heteroatoms. The number of carbonyl (C=O) groups is 1. The summed E-state index contributed by atoms with van der Waals surface area (Å²) in [4.78, 5) is 12.4. The van der Waals surface area contributed by atoms with E-state index < -0.39 is 0 Å². The van der Waals surface area contributed by atoms with Gasteiger partial charge >= 0.3 is 0 Å². The summed E-state index contributed by atoms with van der Waals surface area (Å²) in [6, 6.07) is 13.7. The number of halogens is 2. The van der Waals surface area contributed by atoms with Crippen LogP contribution in [0.25, 0.3) is 0 Å². The summed E-state index contributed by atoms with van der Waals surface area (Å²) in [5, 5.41) is 4.19. The first-order chi connectivity index (χ1) is 10.6. The Bertz CT molecular complexity index is 679. The monoisotopic (exact) mass is 333 g/mol. The van der Waals surface area contributed by atoms with E-state index in [4.69, 9.17) is 23.2 Å². The molecule has 2 nitrogen and oxygen atoms in total. The summed E-state index contributed by atoms with van der Waals surface area (Å²) in [7, 11) is 0. The summed E-state index contributed by atoms with van der Waals surface area (Å²) in [6.45, 7) is 0. The van der Waals surface area contributed by atoms with Crippen LogP contribution < -0.4 is 5.32 Å². The Kier molecular flexibility index (Phi) is 4.70. The fourth-order valence-corrected chi connectivity index (χ4v) is 3.54. The smallest absolute Gasteiger partial charge is 0.225 e. The van der Waals surface area contributed by atoms with Crippen molar-refractivity contribution >= 4 is 29.1 Å². The molecule has 0 aliphatic heterocycles. The lowest BCUT2D eigenvalue weighted by Crippen LogP contribution is -2.32. The Balaban J connectivity index is 1.73. The van der Waals surface area contributed by atoms with E-state index in [0.29, 0.717) is 15.6 Å². The third-order valence-corrected chi connectivity index (χ3v) is 4.81. The number of rotatable bonds is 3. The van der Waals surface area contributed by atoms with Crippen molar-refractivity contribution in [2.75, 3.05) is 0 Å². The van der Waals surface area contributed by atoms with Crippen LogP contribution >= 0.6 is 23.2 Å². The molecule has 0 fully saturated rings. The highest BCUT2D eigenvalue weighted by molar-refractivity contribution is 6.36. The molecule has 22 heavy (non-hydrogen) atoms. The van der Waals surface area contributed by atoms with Crippen molar-refractivity contribution in [2.24, 2.45) is 0 Å². The molecule has 0 aromatic heterocycles. The first-order valence-electron chi connectivity index (χ1n) is 7.45. The maximum absolute atomic E-state index is 12.4. The van der Waals surface area contributed by atoms with Crippen LogP contribution in [0.1, 0.15) is 35.6 Å². The summed E-state index contributed by atoms with van der Waals surface area (Å²) in [5.41, 5.74) is 3.25. The third kappa shape index (κ3) is 3.29. The molecule has 0 heterocycles. The van der Waals surface area contributed by atoms with Crippen molar-refractivity contribution in [3.63, 3.8) is 0 Å². The van der Waals surface area contributed by atoms with E-state index in [-0.39, 0.29) is 18.4 Å². The van der Waals surface area contributed by atoms with Crippen molar-refractivity contribution in [1.82, 2.24) is 5.32 Å². The molecular weight excluding hydrogens is 317 g/mol. The zero-order valence-corrected chi connectivity index (χ0v) is 13.6. The van der Waals surface area contributed by atoms with E-state index in [2.05, 4.69) is 17.4 Å². The molecule has 3 rings (SSSR count). The van der Waals surface area contributed by atoms with Gasteiger partial charge in [-0.3, -0.25) is 4.79 Å². The lowest BCUT2D eigenvalue weighted by atomic mass is 9.87. The second-order valence-electron chi connectivity index (χ2n) is 5.59. The first kappa shape index (κ1) is 15.4. The number of benzene rings is 2. The van der Waals surface area contributed by atoms with E-state index in [1.807, 2.05) is 12.1 Å². The number of fused-ring (bicyclic) bond motifs is 1. The van der Waals surface area contributed by atoms with Gasteiger partial charge in [-0.1, -0.05) is 53.5 Å². The van der Waals surface area contributed by atoms with Gasteiger partial charge in [0, 0.05) is 10.0 Å². The highest BCUT2D eigenvalue weighted by Crippen LogP contribution is 2.30. The van der Waals surface area contributed by atoms with Crippen LogP contribution in [0.5, 0.6) is 0 Å². The molecular formula is C18H17Cl2NO. The maximum Gasteiger partial charge on any atom is 0.225 e. The van der Waals surface area contributed by atoms with Crippen LogP contribution in [0.4, 0.5) is 0 Å². The molecule has 0 saturated carbocycles. The predicted octanol–water partition coefficient (Wildman–Crippen LogP) is 4.73. The maximum atomic E-state index is 12.4. The van der Waals surface area contributed by atoms with Crippen molar-refractivity contribution in [2.45, 2.75) is 31.7 Å². The molecule has 1 amide bonds. The number of amides is 1. The zero-order chi connectivity index (χ0) is 15.5. The summed E-state index contributed by atoms with van der Waals surface area (Å²) in [5.74, 6) is -0.0447. The highest BCUT2D eigenvalue weighted by Gasteiger charge is 2.22. The average molecular weight is 334 g/mol. The third-order valence-electron chi connectivity index (χ3n) is 4.10. The van der Waals surface area contributed by atoms with Crippen LogP contribution in [0.2, 0.25) is 10.0 Å². The minimum atomic E-state index is -0.0447. The van der Waals surface area contributed by atoms with Crippen molar-refractivity contribution < 1.29 is 4.79 Å². The van der Waals surface area contributed by atoms with E-state index in [9.17, 15) is 4.79 Å². The minimum absolute atomic E-state index is 0.0447. The van der Waals surface area contributed by atoms with Crippen LogP contribution in [-0.4, -0.2) is 5.91 Å². The van der Waals surface area contributed by atoms with E-state index >= 15 is 0 Å². The molecule has 0 radical (unpaired) electrons. The van der Waals surface area contributed by atoms with E-state index in [1.54, 1.807) is 18.2 Å². The summed E-state index contributed by atoms with van der Waals surface area (Å²) < 4.78 is 0. The Morgan fingerprint density at radius 1 is 1.09 bits per heavy atom. The number of hydrogen-bond donors (Lipinski definition) is 1. The van der Waals surface area contributed by atoms with Gasteiger partial charge in [-0.15, -0.1) is 0 Å². The second kappa shape index (κ2) is 6.72. The number of carbonyl (C=O) groups excluding carboxylic acids is 1. The van der Waals surface area contributed by atoms with Crippen LogP contribution in [-0.2, 0) is 17.6 Å². The predicted molar refractivity (Wildman–Crippen MR) is 90.4 cm³/mol. The number of nitrogens with one attached hydrogen (secondary N) is 1. The molecule has 1 N–H and O–H groups in total. The second-order valence-corrected chi connectivity index (χ2v) is 6.40. The van der Waals surface area contributed by atoms with Gasteiger partial charge < -0.3 is 5.32 Å². The Morgan fingerprint density at radius 3 is 2.59 bits per heavy atom. The molecule has 0 bridgehead atoms. The fourth-order valence-electron chi connectivity index (χ4n) is 3.01. The zero-order valence-electron chi connectivity index (χ0n) is 12.1. The SMILES string of the molecule is O=C(Cc1c(Cl)cccc1Cl)NC1CCCc2ccccc21. The van der Waals surface area contributed by atoms with Gasteiger partial charge in [0.2, 0.25) is 5.91 Å². The highest BCUT2D eigenvalue weighted by atomic mass is 35.5.